The maximum absolute atomic E-state index is 12.3. The zero-order valence-corrected chi connectivity index (χ0v) is 11.7. The summed E-state index contributed by atoms with van der Waals surface area (Å²) in [6, 6.07) is 5.96. The van der Waals surface area contributed by atoms with E-state index in [4.69, 9.17) is 0 Å². The predicted molar refractivity (Wildman–Crippen MR) is 73.3 cm³/mol. The Morgan fingerprint density at radius 3 is 2.81 bits per heavy atom. The minimum atomic E-state index is 0.183. The maximum Gasteiger partial charge on any atom is 0.175 e. The van der Waals surface area contributed by atoms with E-state index in [0.29, 0.717) is 5.78 Å². The molecule has 1 nitrogen and oxygen atoms in total. The molecule has 1 aliphatic heterocycles. The lowest BCUT2D eigenvalue weighted by atomic mass is 10.0. The summed E-state index contributed by atoms with van der Waals surface area (Å²) in [6.07, 6.45) is 3.48. The van der Waals surface area contributed by atoms with E-state index in [1.165, 1.54) is 12.8 Å². The third kappa shape index (κ3) is 2.89. The van der Waals surface area contributed by atoms with Crippen LogP contribution in [0.3, 0.4) is 0 Å². The summed E-state index contributed by atoms with van der Waals surface area (Å²) in [5.74, 6) is 1.43. The van der Waals surface area contributed by atoms with E-state index in [0.717, 1.165) is 27.8 Å². The standard InChI is InChI=1S/C13H15BrOS/c1-9-6-10(8-11(14)7-9)13(15)12-4-2-3-5-16-12/h6-8,12H,2-5H2,1H3. The van der Waals surface area contributed by atoms with Crippen molar-refractivity contribution in [3.05, 3.63) is 33.8 Å². The summed E-state index contributed by atoms with van der Waals surface area (Å²) in [7, 11) is 0. The Balaban J connectivity index is 2.19. The molecule has 0 amide bonds. The Kier molecular flexibility index (Phi) is 4.09. The molecule has 1 aliphatic rings. The van der Waals surface area contributed by atoms with E-state index >= 15 is 0 Å². The third-order valence-electron chi connectivity index (χ3n) is 2.80. The Bertz CT molecular complexity index is 377. The number of rotatable bonds is 2. The largest absolute Gasteiger partial charge is 0.293 e. The highest BCUT2D eigenvalue weighted by atomic mass is 79.9. The van der Waals surface area contributed by atoms with Crippen molar-refractivity contribution >= 4 is 33.5 Å². The first-order valence-electron chi connectivity index (χ1n) is 5.60. The van der Waals surface area contributed by atoms with Crippen LogP contribution in [0.15, 0.2) is 22.7 Å². The van der Waals surface area contributed by atoms with Gasteiger partial charge >= 0.3 is 0 Å². The molecule has 0 bridgehead atoms. The highest BCUT2D eigenvalue weighted by molar-refractivity contribution is 9.10. The first-order valence-corrected chi connectivity index (χ1v) is 7.44. The molecule has 0 aromatic heterocycles. The number of aryl methyl sites for hydroxylation is 1. The zero-order valence-electron chi connectivity index (χ0n) is 9.33. The van der Waals surface area contributed by atoms with Gasteiger partial charge in [0.1, 0.15) is 0 Å². The lowest BCUT2D eigenvalue weighted by molar-refractivity contribution is 0.0984. The van der Waals surface area contributed by atoms with Crippen LogP contribution < -0.4 is 0 Å². The van der Waals surface area contributed by atoms with Crippen LogP contribution in [0.4, 0.5) is 0 Å². The minimum Gasteiger partial charge on any atom is -0.293 e. The zero-order chi connectivity index (χ0) is 11.5. The number of Topliss-reactive ketones (excluding diaryl/α,β-unsaturated/α-hetero) is 1. The van der Waals surface area contributed by atoms with Crippen molar-refractivity contribution < 1.29 is 4.79 Å². The molecule has 1 aromatic rings. The molecule has 0 saturated carbocycles. The average Bonchev–Trinajstić information content (AvgIpc) is 2.28. The number of hydrogen-bond donors (Lipinski definition) is 0. The lowest BCUT2D eigenvalue weighted by Crippen LogP contribution is -2.21. The average molecular weight is 299 g/mol. The van der Waals surface area contributed by atoms with Crippen molar-refractivity contribution in [1.29, 1.82) is 0 Å². The highest BCUT2D eigenvalue weighted by Crippen LogP contribution is 2.28. The normalized spacial score (nSPS) is 20.8. The van der Waals surface area contributed by atoms with Crippen LogP contribution in [0.25, 0.3) is 0 Å². The number of halogens is 1. The molecule has 16 heavy (non-hydrogen) atoms. The first-order chi connectivity index (χ1) is 7.66. The fourth-order valence-electron chi connectivity index (χ4n) is 2.01. The van der Waals surface area contributed by atoms with Gasteiger partial charge in [0.05, 0.1) is 5.25 Å². The van der Waals surface area contributed by atoms with Crippen molar-refractivity contribution in [3.8, 4) is 0 Å². The number of hydrogen-bond acceptors (Lipinski definition) is 2. The molecule has 1 aromatic carbocycles. The number of carbonyl (C=O) groups excluding carboxylic acids is 1. The molecule has 1 fully saturated rings. The first kappa shape index (κ1) is 12.2. The Morgan fingerprint density at radius 1 is 1.38 bits per heavy atom. The number of carbonyl (C=O) groups is 1. The molecule has 1 unspecified atom stereocenters. The highest BCUT2D eigenvalue weighted by Gasteiger charge is 2.23. The van der Waals surface area contributed by atoms with Crippen LogP contribution in [0.1, 0.15) is 35.2 Å². The molecule has 0 radical (unpaired) electrons. The molecule has 86 valence electrons. The van der Waals surface area contributed by atoms with E-state index in [1.807, 2.05) is 36.9 Å². The number of benzene rings is 1. The van der Waals surface area contributed by atoms with Gasteiger partial charge in [-0.25, -0.2) is 0 Å². The predicted octanol–water partition coefficient (Wildman–Crippen LogP) is 4.23. The van der Waals surface area contributed by atoms with Gasteiger partial charge in [0.15, 0.2) is 5.78 Å². The lowest BCUT2D eigenvalue weighted by Gasteiger charge is -2.20. The molecule has 3 heteroatoms. The van der Waals surface area contributed by atoms with Crippen molar-refractivity contribution in [2.24, 2.45) is 0 Å². The SMILES string of the molecule is Cc1cc(Br)cc(C(=O)C2CCCCS2)c1. The van der Waals surface area contributed by atoms with Gasteiger partial charge < -0.3 is 0 Å². The van der Waals surface area contributed by atoms with E-state index in [9.17, 15) is 4.79 Å². The van der Waals surface area contributed by atoms with Crippen LogP contribution in [0.5, 0.6) is 0 Å². The molecule has 0 aliphatic carbocycles. The van der Waals surface area contributed by atoms with Crippen LogP contribution in [-0.4, -0.2) is 16.8 Å². The van der Waals surface area contributed by atoms with Gasteiger partial charge in [-0.3, -0.25) is 4.79 Å². The van der Waals surface area contributed by atoms with Gasteiger partial charge in [-0.05, 0) is 49.3 Å². The second-order valence-corrected chi connectivity index (χ2v) is 6.46. The second-order valence-electron chi connectivity index (χ2n) is 4.24. The summed E-state index contributed by atoms with van der Waals surface area (Å²) in [6.45, 7) is 2.02. The monoisotopic (exact) mass is 298 g/mol. The van der Waals surface area contributed by atoms with Crippen molar-refractivity contribution in [2.45, 2.75) is 31.4 Å². The summed E-state index contributed by atoms with van der Waals surface area (Å²) in [5, 5.41) is 0.183. The third-order valence-corrected chi connectivity index (χ3v) is 4.63. The van der Waals surface area contributed by atoms with Gasteiger partial charge in [0, 0.05) is 10.0 Å². The van der Waals surface area contributed by atoms with E-state index in [1.54, 1.807) is 0 Å². The minimum absolute atomic E-state index is 0.183. The molecule has 0 spiro atoms. The smallest absolute Gasteiger partial charge is 0.175 e. The van der Waals surface area contributed by atoms with E-state index < -0.39 is 0 Å². The van der Waals surface area contributed by atoms with Crippen molar-refractivity contribution in [3.63, 3.8) is 0 Å². The molecular formula is C13H15BrOS. The van der Waals surface area contributed by atoms with Crippen LogP contribution in [0, 0.1) is 6.92 Å². The van der Waals surface area contributed by atoms with Gasteiger partial charge in [0.25, 0.3) is 0 Å². The summed E-state index contributed by atoms with van der Waals surface area (Å²) in [5.41, 5.74) is 1.99. The van der Waals surface area contributed by atoms with Gasteiger partial charge in [-0.2, -0.15) is 11.8 Å². The fourth-order valence-corrected chi connectivity index (χ4v) is 3.90. The summed E-state index contributed by atoms with van der Waals surface area (Å²) >= 11 is 5.26. The fraction of sp³-hybridized carbons (Fsp3) is 0.462. The molecule has 1 saturated heterocycles. The molecule has 1 atom stereocenters. The molecule has 0 N–H and O–H groups in total. The summed E-state index contributed by atoms with van der Waals surface area (Å²) in [4.78, 5) is 12.3. The van der Waals surface area contributed by atoms with Crippen molar-refractivity contribution in [1.82, 2.24) is 0 Å². The molecular weight excluding hydrogens is 284 g/mol. The molecule has 1 heterocycles. The maximum atomic E-state index is 12.3. The van der Waals surface area contributed by atoms with Crippen LogP contribution in [0.2, 0.25) is 0 Å². The van der Waals surface area contributed by atoms with Gasteiger partial charge in [-0.15, -0.1) is 0 Å². The van der Waals surface area contributed by atoms with Gasteiger partial charge in [-0.1, -0.05) is 22.4 Å². The Morgan fingerprint density at radius 2 is 2.19 bits per heavy atom. The second kappa shape index (κ2) is 5.37. The van der Waals surface area contributed by atoms with E-state index in [2.05, 4.69) is 15.9 Å². The number of thioether (sulfide) groups is 1. The van der Waals surface area contributed by atoms with Crippen LogP contribution >= 0.6 is 27.7 Å². The Labute approximate surface area is 109 Å². The van der Waals surface area contributed by atoms with Gasteiger partial charge in [0.2, 0.25) is 0 Å². The summed E-state index contributed by atoms with van der Waals surface area (Å²) < 4.78 is 0.997. The molecule has 2 rings (SSSR count). The quantitative estimate of drug-likeness (QED) is 0.760. The van der Waals surface area contributed by atoms with E-state index in [-0.39, 0.29) is 5.25 Å². The van der Waals surface area contributed by atoms with Crippen LogP contribution in [-0.2, 0) is 0 Å². The van der Waals surface area contributed by atoms with Crippen molar-refractivity contribution in [2.75, 3.05) is 5.75 Å². The Hall–Kier alpha value is -0.280. The topological polar surface area (TPSA) is 17.1 Å². The number of ketones is 1.